The van der Waals surface area contributed by atoms with E-state index in [2.05, 4.69) is 37.4 Å². The Kier molecular flexibility index (Phi) is 4.65. The van der Waals surface area contributed by atoms with Crippen molar-refractivity contribution >= 4 is 0 Å². The SMILES string of the molecule is CCC(NC(CC)C1CC1)c1ccccc1OC. The number of nitrogens with one attached hydrogen (secondary N) is 1. The highest BCUT2D eigenvalue weighted by Crippen LogP contribution is 2.36. The summed E-state index contributed by atoms with van der Waals surface area (Å²) in [7, 11) is 1.75. The number of hydrogen-bond donors (Lipinski definition) is 1. The molecule has 0 bridgehead atoms. The summed E-state index contributed by atoms with van der Waals surface area (Å²) in [6, 6.07) is 9.44. The Morgan fingerprint density at radius 3 is 2.50 bits per heavy atom. The quantitative estimate of drug-likeness (QED) is 0.788. The Labute approximate surface area is 111 Å². The van der Waals surface area contributed by atoms with Crippen LogP contribution in [-0.2, 0) is 0 Å². The van der Waals surface area contributed by atoms with Crippen LogP contribution < -0.4 is 10.1 Å². The van der Waals surface area contributed by atoms with Crippen LogP contribution in [0.4, 0.5) is 0 Å². The Hall–Kier alpha value is -1.02. The number of para-hydroxylation sites is 1. The molecule has 1 aromatic carbocycles. The molecule has 2 unspecified atom stereocenters. The molecule has 2 atom stereocenters. The highest BCUT2D eigenvalue weighted by Gasteiger charge is 2.31. The van der Waals surface area contributed by atoms with Crippen LogP contribution in [0.25, 0.3) is 0 Å². The van der Waals surface area contributed by atoms with E-state index in [1.807, 2.05) is 6.07 Å². The number of hydrogen-bond acceptors (Lipinski definition) is 2. The van der Waals surface area contributed by atoms with E-state index in [0.29, 0.717) is 12.1 Å². The highest BCUT2D eigenvalue weighted by atomic mass is 16.5. The van der Waals surface area contributed by atoms with Crippen molar-refractivity contribution in [3.05, 3.63) is 29.8 Å². The van der Waals surface area contributed by atoms with Crippen molar-refractivity contribution in [1.29, 1.82) is 0 Å². The van der Waals surface area contributed by atoms with Gasteiger partial charge in [-0.1, -0.05) is 32.0 Å². The van der Waals surface area contributed by atoms with Gasteiger partial charge in [-0.15, -0.1) is 0 Å². The first-order chi connectivity index (χ1) is 8.80. The zero-order valence-electron chi connectivity index (χ0n) is 11.8. The molecule has 100 valence electrons. The molecule has 0 saturated heterocycles. The maximum absolute atomic E-state index is 5.48. The average Bonchev–Trinajstić information content (AvgIpc) is 3.25. The lowest BCUT2D eigenvalue weighted by atomic mass is 10.00. The summed E-state index contributed by atoms with van der Waals surface area (Å²) >= 11 is 0. The number of methoxy groups -OCH3 is 1. The maximum Gasteiger partial charge on any atom is 0.123 e. The second-order valence-electron chi connectivity index (χ2n) is 5.22. The van der Waals surface area contributed by atoms with E-state index in [0.717, 1.165) is 18.1 Å². The van der Waals surface area contributed by atoms with E-state index in [1.165, 1.54) is 24.8 Å². The van der Waals surface area contributed by atoms with Crippen LogP contribution in [0.3, 0.4) is 0 Å². The second-order valence-corrected chi connectivity index (χ2v) is 5.22. The van der Waals surface area contributed by atoms with Gasteiger partial charge in [0.25, 0.3) is 0 Å². The summed E-state index contributed by atoms with van der Waals surface area (Å²) in [5.74, 6) is 1.90. The second kappa shape index (κ2) is 6.24. The van der Waals surface area contributed by atoms with Crippen LogP contribution in [0.1, 0.15) is 51.1 Å². The van der Waals surface area contributed by atoms with Gasteiger partial charge in [0.05, 0.1) is 7.11 Å². The molecule has 0 aromatic heterocycles. The molecule has 2 heteroatoms. The fourth-order valence-corrected chi connectivity index (χ4v) is 2.73. The summed E-state index contributed by atoms with van der Waals surface area (Å²) < 4.78 is 5.48. The zero-order valence-corrected chi connectivity index (χ0v) is 11.8. The van der Waals surface area contributed by atoms with Gasteiger partial charge in [0, 0.05) is 17.6 Å². The van der Waals surface area contributed by atoms with Crippen LogP contribution >= 0.6 is 0 Å². The summed E-state index contributed by atoms with van der Waals surface area (Å²) in [6.45, 7) is 4.52. The Bertz CT molecular complexity index is 373. The van der Waals surface area contributed by atoms with Crippen molar-refractivity contribution in [2.45, 2.75) is 51.6 Å². The molecule has 0 aliphatic heterocycles. The van der Waals surface area contributed by atoms with Crippen LogP contribution in [0.2, 0.25) is 0 Å². The Balaban J connectivity index is 2.11. The van der Waals surface area contributed by atoms with Gasteiger partial charge in [-0.25, -0.2) is 0 Å². The van der Waals surface area contributed by atoms with Gasteiger partial charge < -0.3 is 10.1 Å². The first kappa shape index (κ1) is 13.4. The zero-order chi connectivity index (χ0) is 13.0. The van der Waals surface area contributed by atoms with Gasteiger partial charge in [-0.05, 0) is 37.7 Å². The van der Waals surface area contributed by atoms with E-state index in [4.69, 9.17) is 4.74 Å². The molecule has 0 radical (unpaired) electrons. The van der Waals surface area contributed by atoms with Gasteiger partial charge in [0.1, 0.15) is 5.75 Å². The standard InChI is InChI=1S/C16H25NO/c1-4-14(12-10-11-12)17-15(5-2)13-8-6-7-9-16(13)18-3/h6-9,12,14-15,17H,4-5,10-11H2,1-3H3. The molecule has 2 rings (SSSR count). The minimum Gasteiger partial charge on any atom is -0.496 e. The van der Waals surface area contributed by atoms with Crippen molar-refractivity contribution in [3.63, 3.8) is 0 Å². The van der Waals surface area contributed by atoms with Gasteiger partial charge >= 0.3 is 0 Å². The van der Waals surface area contributed by atoms with Crippen molar-refractivity contribution < 1.29 is 4.74 Å². The van der Waals surface area contributed by atoms with Gasteiger partial charge in [0.2, 0.25) is 0 Å². The van der Waals surface area contributed by atoms with Crippen molar-refractivity contribution in [2.24, 2.45) is 5.92 Å². The topological polar surface area (TPSA) is 21.3 Å². The predicted molar refractivity (Wildman–Crippen MR) is 76.0 cm³/mol. The number of ether oxygens (including phenoxy) is 1. The molecule has 18 heavy (non-hydrogen) atoms. The van der Waals surface area contributed by atoms with E-state index in [9.17, 15) is 0 Å². The lowest BCUT2D eigenvalue weighted by molar-refractivity contribution is 0.362. The monoisotopic (exact) mass is 247 g/mol. The summed E-state index contributed by atoms with van der Waals surface area (Å²) in [6.07, 6.45) is 5.11. The maximum atomic E-state index is 5.48. The number of benzene rings is 1. The third-order valence-electron chi connectivity index (χ3n) is 3.97. The van der Waals surface area contributed by atoms with Crippen molar-refractivity contribution in [1.82, 2.24) is 5.32 Å². The fourth-order valence-electron chi connectivity index (χ4n) is 2.73. The Morgan fingerprint density at radius 1 is 1.22 bits per heavy atom. The van der Waals surface area contributed by atoms with E-state index in [1.54, 1.807) is 7.11 Å². The van der Waals surface area contributed by atoms with Gasteiger partial charge in [-0.3, -0.25) is 0 Å². The minimum absolute atomic E-state index is 0.409. The van der Waals surface area contributed by atoms with Crippen LogP contribution in [-0.4, -0.2) is 13.2 Å². The average molecular weight is 247 g/mol. The first-order valence-electron chi connectivity index (χ1n) is 7.19. The summed E-state index contributed by atoms with van der Waals surface area (Å²) in [5, 5.41) is 3.83. The third-order valence-corrected chi connectivity index (χ3v) is 3.97. The smallest absolute Gasteiger partial charge is 0.123 e. The molecule has 1 aliphatic carbocycles. The normalized spacial score (nSPS) is 18.4. The van der Waals surface area contributed by atoms with E-state index < -0.39 is 0 Å². The van der Waals surface area contributed by atoms with Gasteiger partial charge in [-0.2, -0.15) is 0 Å². The third kappa shape index (κ3) is 3.05. The van der Waals surface area contributed by atoms with Crippen molar-refractivity contribution in [2.75, 3.05) is 7.11 Å². The summed E-state index contributed by atoms with van der Waals surface area (Å²) in [4.78, 5) is 0. The lowest BCUT2D eigenvalue weighted by Crippen LogP contribution is -2.34. The first-order valence-corrected chi connectivity index (χ1v) is 7.19. The molecule has 1 saturated carbocycles. The molecular formula is C16H25NO. The number of rotatable bonds is 7. The molecule has 1 aliphatic rings. The highest BCUT2D eigenvalue weighted by molar-refractivity contribution is 5.35. The van der Waals surface area contributed by atoms with E-state index in [-0.39, 0.29) is 0 Å². The van der Waals surface area contributed by atoms with Gasteiger partial charge in [0.15, 0.2) is 0 Å². The largest absolute Gasteiger partial charge is 0.496 e. The molecule has 2 nitrogen and oxygen atoms in total. The summed E-state index contributed by atoms with van der Waals surface area (Å²) in [5.41, 5.74) is 1.29. The minimum atomic E-state index is 0.409. The molecule has 1 fully saturated rings. The molecule has 1 aromatic rings. The molecular weight excluding hydrogens is 222 g/mol. The van der Waals surface area contributed by atoms with Crippen LogP contribution in [0, 0.1) is 5.92 Å². The van der Waals surface area contributed by atoms with E-state index >= 15 is 0 Å². The van der Waals surface area contributed by atoms with Crippen molar-refractivity contribution in [3.8, 4) is 5.75 Å². The van der Waals surface area contributed by atoms with Crippen LogP contribution in [0.15, 0.2) is 24.3 Å². The molecule has 0 heterocycles. The van der Waals surface area contributed by atoms with Crippen LogP contribution in [0.5, 0.6) is 5.75 Å². The predicted octanol–water partition coefficient (Wildman–Crippen LogP) is 3.92. The molecule has 0 spiro atoms. The lowest BCUT2D eigenvalue weighted by Gasteiger charge is -2.25. The molecule has 0 amide bonds. The Morgan fingerprint density at radius 2 is 1.94 bits per heavy atom. The molecule has 1 N–H and O–H groups in total. The fraction of sp³-hybridized carbons (Fsp3) is 0.625.